The molecule has 3 N–H and O–H groups in total. The van der Waals surface area contributed by atoms with Gasteiger partial charge in [-0.2, -0.15) is 0 Å². The van der Waals surface area contributed by atoms with Crippen LogP contribution < -0.4 is 11.1 Å². The first-order chi connectivity index (χ1) is 13.7. The number of nitrogen functional groups attached to an aromatic ring is 1. The summed E-state index contributed by atoms with van der Waals surface area (Å²) >= 11 is 0. The fraction of sp³-hybridized carbons (Fsp3) is 0.100. The van der Waals surface area contributed by atoms with Crippen LogP contribution in [0.25, 0.3) is 0 Å². The topological polar surface area (TPSA) is 107 Å². The summed E-state index contributed by atoms with van der Waals surface area (Å²) in [6.45, 7) is 0. The molecule has 0 atom stereocenters. The Morgan fingerprint density at radius 2 is 1.68 bits per heavy atom. The van der Waals surface area contributed by atoms with E-state index in [0.717, 1.165) is 22.5 Å². The molecular formula is C20H20N6O2. The van der Waals surface area contributed by atoms with Crippen molar-refractivity contribution in [3.8, 4) is 0 Å². The Balaban J connectivity index is 1.87. The van der Waals surface area contributed by atoms with E-state index < -0.39 is 0 Å². The van der Waals surface area contributed by atoms with Crippen LogP contribution in [0.3, 0.4) is 0 Å². The number of anilines is 3. The molecule has 8 nitrogen and oxygen atoms in total. The van der Waals surface area contributed by atoms with Crippen molar-refractivity contribution in [2.75, 3.05) is 25.3 Å². The number of nitrogens with zero attached hydrogens (tertiary/aromatic N) is 4. The van der Waals surface area contributed by atoms with Crippen molar-refractivity contribution < 1.29 is 9.68 Å². The van der Waals surface area contributed by atoms with Crippen molar-refractivity contribution in [2.45, 2.75) is 0 Å². The molecule has 0 fully saturated rings. The summed E-state index contributed by atoms with van der Waals surface area (Å²) in [7, 11) is 2.98. The van der Waals surface area contributed by atoms with Gasteiger partial charge in [0, 0.05) is 16.8 Å². The Morgan fingerprint density at radius 3 is 2.36 bits per heavy atom. The van der Waals surface area contributed by atoms with E-state index in [-0.39, 0.29) is 0 Å². The number of oxime groups is 2. The van der Waals surface area contributed by atoms with Gasteiger partial charge in [0.25, 0.3) is 0 Å². The molecule has 8 heteroatoms. The van der Waals surface area contributed by atoms with E-state index in [1.54, 1.807) is 0 Å². The van der Waals surface area contributed by atoms with Crippen molar-refractivity contribution >= 4 is 29.2 Å². The minimum Gasteiger partial charge on any atom is -0.399 e. The van der Waals surface area contributed by atoms with Crippen LogP contribution in [0.1, 0.15) is 16.7 Å². The van der Waals surface area contributed by atoms with E-state index in [4.69, 9.17) is 15.4 Å². The van der Waals surface area contributed by atoms with E-state index in [1.807, 2.05) is 54.6 Å². The van der Waals surface area contributed by atoms with Crippen molar-refractivity contribution in [2.24, 2.45) is 10.3 Å². The van der Waals surface area contributed by atoms with Crippen LogP contribution in [0.15, 0.2) is 71.2 Å². The van der Waals surface area contributed by atoms with Crippen LogP contribution in [0, 0.1) is 0 Å². The standard InChI is InChI=1S/C20H20N6O2/c1-27-24-12-17-19(21)22-13-23-20(17)25-16-10-8-15(9-11-16)18(26-28-2)14-6-4-3-5-7-14/h3-13H,1-2H3,(H3,21,22,23,25). The molecule has 142 valence electrons. The fourth-order valence-electron chi connectivity index (χ4n) is 2.55. The molecule has 2 aromatic carbocycles. The number of nitrogens with two attached hydrogens (primary N) is 1. The molecule has 0 saturated heterocycles. The molecular weight excluding hydrogens is 356 g/mol. The maximum Gasteiger partial charge on any atom is 0.144 e. The predicted molar refractivity (Wildman–Crippen MR) is 110 cm³/mol. The van der Waals surface area contributed by atoms with Gasteiger partial charge in [-0.3, -0.25) is 0 Å². The van der Waals surface area contributed by atoms with E-state index in [0.29, 0.717) is 17.2 Å². The van der Waals surface area contributed by atoms with Gasteiger partial charge in [0.1, 0.15) is 37.9 Å². The highest BCUT2D eigenvalue weighted by molar-refractivity contribution is 6.12. The lowest BCUT2D eigenvalue weighted by Gasteiger charge is -2.11. The summed E-state index contributed by atoms with van der Waals surface area (Å²) in [4.78, 5) is 17.9. The summed E-state index contributed by atoms with van der Waals surface area (Å²) in [6.07, 6.45) is 2.85. The van der Waals surface area contributed by atoms with Gasteiger partial charge < -0.3 is 20.7 Å². The summed E-state index contributed by atoms with van der Waals surface area (Å²) in [5.74, 6) is 0.823. The Hall–Kier alpha value is -3.94. The van der Waals surface area contributed by atoms with E-state index in [1.165, 1.54) is 26.8 Å². The molecule has 0 aliphatic carbocycles. The predicted octanol–water partition coefficient (Wildman–Crippen LogP) is 3.18. The highest BCUT2D eigenvalue weighted by Gasteiger charge is 2.10. The second-order valence-electron chi connectivity index (χ2n) is 5.63. The second kappa shape index (κ2) is 9.13. The average molecular weight is 376 g/mol. The van der Waals surface area contributed by atoms with Gasteiger partial charge in [-0.15, -0.1) is 0 Å². The zero-order valence-electron chi connectivity index (χ0n) is 15.5. The normalized spacial score (nSPS) is 11.4. The largest absolute Gasteiger partial charge is 0.399 e. The first kappa shape index (κ1) is 18.8. The maximum absolute atomic E-state index is 5.91. The van der Waals surface area contributed by atoms with Gasteiger partial charge in [0.05, 0.1) is 11.8 Å². The smallest absolute Gasteiger partial charge is 0.144 e. The molecule has 28 heavy (non-hydrogen) atoms. The third-order valence-electron chi connectivity index (χ3n) is 3.85. The monoisotopic (exact) mass is 376 g/mol. The van der Waals surface area contributed by atoms with Crippen LogP contribution in [-0.4, -0.2) is 36.1 Å². The van der Waals surface area contributed by atoms with Crippen LogP contribution in [0.4, 0.5) is 17.3 Å². The van der Waals surface area contributed by atoms with Crippen molar-refractivity contribution in [3.63, 3.8) is 0 Å². The molecule has 0 amide bonds. The quantitative estimate of drug-likeness (QED) is 0.484. The molecule has 0 bridgehead atoms. The highest BCUT2D eigenvalue weighted by atomic mass is 16.6. The zero-order valence-corrected chi connectivity index (χ0v) is 15.5. The van der Waals surface area contributed by atoms with Crippen LogP contribution in [0.2, 0.25) is 0 Å². The molecule has 0 aliphatic rings. The SMILES string of the molecule is CON=Cc1c(N)ncnc1Nc1ccc(C(=NOC)c2ccccc2)cc1. The first-order valence-corrected chi connectivity index (χ1v) is 8.44. The summed E-state index contributed by atoms with van der Waals surface area (Å²) in [5, 5.41) is 11.1. The lowest BCUT2D eigenvalue weighted by molar-refractivity contribution is 0.214. The van der Waals surface area contributed by atoms with Gasteiger partial charge in [0.2, 0.25) is 0 Å². The van der Waals surface area contributed by atoms with Gasteiger partial charge in [-0.05, 0) is 12.1 Å². The average Bonchev–Trinajstić information content (AvgIpc) is 2.73. The maximum atomic E-state index is 5.91. The van der Waals surface area contributed by atoms with E-state index >= 15 is 0 Å². The lowest BCUT2D eigenvalue weighted by Crippen LogP contribution is -2.06. The van der Waals surface area contributed by atoms with E-state index in [9.17, 15) is 0 Å². The molecule has 0 saturated carbocycles. The summed E-state index contributed by atoms with van der Waals surface area (Å²) in [6, 6.07) is 17.6. The third-order valence-corrected chi connectivity index (χ3v) is 3.85. The van der Waals surface area contributed by atoms with Crippen LogP contribution >= 0.6 is 0 Å². The number of hydrogen-bond acceptors (Lipinski definition) is 8. The zero-order chi connectivity index (χ0) is 19.8. The van der Waals surface area contributed by atoms with Crippen LogP contribution in [0.5, 0.6) is 0 Å². The lowest BCUT2D eigenvalue weighted by atomic mass is 10.0. The summed E-state index contributed by atoms with van der Waals surface area (Å²) < 4.78 is 0. The molecule has 0 spiro atoms. The first-order valence-electron chi connectivity index (χ1n) is 8.44. The molecule has 0 aliphatic heterocycles. The number of benzene rings is 2. The van der Waals surface area contributed by atoms with Gasteiger partial charge in [0.15, 0.2) is 0 Å². The minimum absolute atomic E-state index is 0.300. The minimum atomic E-state index is 0.300. The number of hydrogen-bond donors (Lipinski definition) is 2. The van der Waals surface area contributed by atoms with Crippen LogP contribution in [-0.2, 0) is 9.68 Å². The Morgan fingerprint density at radius 1 is 0.964 bits per heavy atom. The Kier molecular flexibility index (Phi) is 6.14. The number of rotatable bonds is 7. The van der Waals surface area contributed by atoms with Crippen molar-refractivity contribution in [1.82, 2.24) is 9.97 Å². The molecule has 0 radical (unpaired) electrons. The highest BCUT2D eigenvalue weighted by Crippen LogP contribution is 2.21. The van der Waals surface area contributed by atoms with Crippen molar-refractivity contribution in [1.29, 1.82) is 0 Å². The van der Waals surface area contributed by atoms with Gasteiger partial charge in [-0.25, -0.2) is 9.97 Å². The number of nitrogens with one attached hydrogen (secondary N) is 1. The Bertz CT molecular complexity index is 972. The third kappa shape index (κ3) is 4.42. The molecule has 1 aromatic heterocycles. The fourth-order valence-corrected chi connectivity index (χ4v) is 2.55. The van der Waals surface area contributed by atoms with Gasteiger partial charge in [-0.1, -0.05) is 52.8 Å². The molecule has 3 aromatic rings. The molecule has 3 rings (SSSR count). The number of aromatic nitrogens is 2. The Labute approximate surface area is 162 Å². The summed E-state index contributed by atoms with van der Waals surface area (Å²) in [5.41, 5.74) is 9.90. The van der Waals surface area contributed by atoms with Crippen molar-refractivity contribution in [3.05, 3.63) is 77.6 Å². The second-order valence-corrected chi connectivity index (χ2v) is 5.63. The van der Waals surface area contributed by atoms with E-state index in [2.05, 4.69) is 25.6 Å². The molecule has 0 unspecified atom stereocenters. The van der Waals surface area contributed by atoms with Gasteiger partial charge >= 0.3 is 0 Å². The molecule has 1 heterocycles.